The molecule has 96 valence electrons. The third-order valence-electron chi connectivity index (χ3n) is 6.76. The molecule has 4 rings (SSSR count). The highest BCUT2D eigenvalue weighted by atomic mass is 16.5. The van der Waals surface area contributed by atoms with Gasteiger partial charge in [-0.15, -0.1) is 0 Å². The van der Waals surface area contributed by atoms with E-state index in [1.54, 1.807) is 0 Å². The van der Waals surface area contributed by atoms with Crippen molar-refractivity contribution in [2.75, 3.05) is 6.61 Å². The summed E-state index contributed by atoms with van der Waals surface area (Å²) in [7, 11) is 0. The third kappa shape index (κ3) is 1.10. The van der Waals surface area contributed by atoms with Gasteiger partial charge < -0.3 is 9.84 Å². The van der Waals surface area contributed by atoms with Gasteiger partial charge in [0.2, 0.25) is 0 Å². The van der Waals surface area contributed by atoms with Crippen molar-refractivity contribution in [3.05, 3.63) is 0 Å². The van der Waals surface area contributed by atoms with E-state index in [9.17, 15) is 5.11 Å². The zero-order valence-electron chi connectivity index (χ0n) is 11.0. The van der Waals surface area contributed by atoms with Crippen molar-refractivity contribution in [1.29, 1.82) is 0 Å². The predicted octanol–water partition coefficient (Wildman–Crippen LogP) is 2.74. The second kappa shape index (κ2) is 2.91. The number of hydrogen-bond acceptors (Lipinski definition) is 2. The minimum atomic E-state index is -0.0984. The standard InChI is InChI=1S/C15H24O2/c1-13(2)7-12-15-6-4-11(16)14(8-15,9-17-12)5-3-10(13)15/h10-12,16H,3-9H2,1-2H3/t10-,11?,12?,14+,15-/m0/s1. The maximum atomic E-state index is 10.4. The van der Waals surface area contributed by atoms with Crippen LogP contribution in [-0.4, -0.2) is 23.9 Å². The highest BCUT2D eigenvalue weighted by molar-refractivity contribution is 5.17. The highest BCUT2D eigenvalue weighted by Crippen LogP contribution is 2.71. The van der Waals surface area contributed by atoms with Crippen LogP contribution in [0.3, 0.4) is 0 Å². The molecule has 1 spiro atoms. The SMILES string of the molecule is CC1(C)CC2OC[C@]34CC[C@@H]1[C@]2(CCC3O)C4. The van der Waals surface area contributed by atoms with Crippen LogP contribution in [0.4, 0.5) is 0 Å². The van der Waals surface area contributed by atoms with E-state index in [4.69, 9.17) is 4.74 Å². The van der Waals surface area contributed by atoms with E-state index in [1.165, 1.54) is 32.1 Å². The van der Waals surface area contributed by atoms with Crippen molar-refractivity contribution < 1.29 is 9.84 Å². The summed E-state index contributed by atoms with van der Waals surface area (Å²) in [5.74, 6) is 0.834. The summed E-state index contributed by atoms with van der Waals surface area (Å²) in [6.07, 6.45) is 7.62. The van der Waals surface area contributed by atoms with Gasteiger partial charge in [0.15, 0.2) is 0 Å². The molecule has 17 heavy (non-hydrogen) atoms. The Morgan fingerprint density at radius 2 is 2.00 bits per heavy atom. The summed E-state index contributed by atoms with van der Waals surface area (Å²) in [5, 5.41) is 10.4. The van der Waals surface area contributed by atoms with Crippen LogP contribution in [0.25, 0.3) is 0 Å². The Labute approximate surface area is 104 Å². The molecule has 1 aliphatic heterocycles. The van der Waals surface area contributed by atoms with E-state index < -0.39 is 0 Å². The van der Waals surface area contributed by atoms with E-state index >= 15 is 0 Å². The van der Waals surface area contributed by atoms with E-state index in [0.29, 0.717) is 16.9 Å². The Hall–Kier alpha value is -0.0800. The Morgan fingerprint density at radius 1 is 1.18 bits per heavy atom. The first-order valence-corrected chi connectivity index (χ1v) is 7.28. The number of aliphatic hydroxyl groups is 1. The lowest BCUT2D eigenvalue weighted by Crippen LogP contribution is -2.61. The smallest absolute Gasteiger partial charge is 0.0639 e. The quantitative estimate of drug-likeness (QED) is 0.701. The van der Waals surface area contributed by atoms with Gasteiger partial charge >= 0.3 is 0 Å². The molecule has 2 unspecified atom stereocenters. The molecule has 1 heterocycles. The molecule has 4 aliphatic rings. The molecule has 4 fully saturated rings. The van der Waals surface area contributed by atoms with Crippen LogP contribution in [0.15, 0.2) is 0 Å². The van der Waals surface area contributed by atoms with Crippen molar-refractivity contribution in [1.82, 2.24) is 0 Å². The van der Waals surface area contributed by atoms with Gasteiger partial charge in [-0.05, 0) is 49.9 Å². The molecule has 3 saturated carbocycles. The van der Waals surface area contributed by atoms with Crippen LogP contribution in [0.1, 0.15) is 52.4 Å². The molecule has 1 N–H and O–H groups in total. The maximum Gasteiger partial charge on any atom is 0.0639 e. The topological polar surface area (TPSA) is 29.5 Å². The maximum absolute atomic E-state index is 10.4. The summed E-state index contributed by atoms with van der Waals surface area (Å²) in [6.45, 7) is 5.70. The van der Waals surface area contributed by atoms with E-state index in [0.717, 1.165) is 18.9 Å². The lowest BCUT2D eigenvalue weighted by molar-refractivity contribution is -0.235. The van der Waals surface area contributed by atoms with Crippen LogP contribution in [0.5, 0.6) is 0 Å². The second-order valence-electron chi connectivity index (χ2n) is 7.91. The minimum Gasteiger partial charge on any atom is -0.392 e. The molecular weight excluding hydrogens is 212 g/mol. The first-order valence-electron chi connectivity index (χ1n) is 7.28. The van der Waals surface area contributed by atoms with Gasteiger partial charge in [-0.2, -0.15) is 0 Å². The first kappa shape index (κ1) is 10.8. The van der Waals surface area contributed by atoms with E-state index in [-0.39, 0.29) is 11.5 Å². The first-order chi connectivity index (χ1) is 7.99. The Balaban J connectivity index is 1.82. The monoisotopic (exact) mass is 236 g/mol. The molecule has 0 amide bonds. The molecule has 1 saturated heterocycles. The average molecular weight is 236 g/mol. The summed E-state index contributed by atoms with van der Waals surface area (Å²) in [5.41, 5.74) is 1.01. The Morgan fingerprint density at radius 3 is 2.82 bits per heavy atom. The van der Waals surface area contributed by atoms with Gasteiger partial charge in [0, 0.05) is 10.8 Å². The molecule has 2 nitrogen and oxygen atoms in total. The van der Waals surface area contributed by atoms with Crippen LogP contribution in [0.2, 0.25) is 0 Å². The lowest BCUT2D eigenvalue weighted by Gasteiger charge is -2.62. The van der Waals surface area contributed by atoms with Crippen molar-refractivity contribution in [2.45, 2.75) is 64.6 Å². The predicted molar refractivity (Wildman–Crippen MR) is 65.6 cm³/mol. The normalized spacial score (nSPS) is 59.1. The Kier molecular flexibility index (Phi) is 1.85. The van der Waals surface area contributed by atoms with Gasteiger partial charge in [-0.3, -0.25) is 0 Å². The molecule has 3 aliphatic carbocycles. The highest BCUT2D eigenvalue weighted by Gasteiger charge is 2.68. The average Bonchev–Trinajstić information content (AvgIpc) is 2.53. The van der Waals surface area contributed by atoms with Crippen molar-refractivity contribution in [2.24, 2.45) is 22.2 Å². The zero-order chi connectivity index (χ0) is 11.9. The fourth-order valence-electron chi connectivity index (χ4n) is 6.05. The number of hydrogen-bond donors (Lipinski definition) is 1. The fourth-order valence-corrected chi connectivity index (χ4v) is 6.05. The molecule has 2 heteroatoms. The van der Waals surface area contributed by atoms with Crippen molar-refractivity contribution in [3.8, 4) is 0 Å². The largest absolute Gasteiger partial charge is 0.392 e. The fraction of sp³-hybridized carbons (Fsp3) is 1.00. The number of rotatable bonds is 0. The summed E-state index contributed by atoms with van der Waals surface area (Å²) in [4.78, 5) is 0. The third-order valence-corrected chi connectivity index (χ3v) is 6.76. The zero-order valence-corrected chi connectivity index (χ0v) is 11.0. The summed E-state index contributed by atoms with van der Waals surface area (Å²) < 4.78 is 6.23. The molecule has 0 aromatic carbocycles. The molecule has 0 aromatic heterocycles. The summed E-state index contributed by atoms with van der Waals surface area (Å²) >= 11 is 0. The van der Waals surface area contributed by atoms with Crippen molar-refractivity contribution >= 4 is 0 Å². The van der Waals surface area contributed by atoms with Crippen LogP contribution < -0.4 is 0 Å². The minimum absolute atomic E-state index is 0.0984. The van der Waals surface area contributed by atoms with Gasteiger partial charge in [-0.1, -0.05) is 13.8 Å². The lowest BCUT2D eigenvalue weighted by atomic mass is 9.47. The summed E-state index contributed by atoms with van der Waals surface area (Å²) in [6, 6.07) is 0. The van der Waals surface area contributed by atoms with Crippen LogP contribution in [-0.2, 0) is 4.74 Å². The number of aliphatic hydroxyl groups excluding tert-OH is 1. The van der Waals surface area contributed by atoms with Crippen molar-refractivity contribution in [3.63, 3.8) is 0 Å². The Bertz CT molecular complexity index is 364. The molecule has 2 bridgehead atoms. The molecular formula is C15H24O2. The van der Waals surface area contributed by atoms with Crippen LogP contribution in [0, 0.1) is 22.2 Å². The van der Waals surface area contributed by atoms with E-state index in [1.807, 2.05) is 0 Å². The van der Waals surface area contributed by atoms with Gasteiger partial charge in [0.05, 0.1) is 18.8 Å². The number of ether oxygens (including phenoxy) is 1. The van der Waals surface area contributed by atoms with Gasteiger partial charge in [0.1, 0.15) is 0 Å². The van der Waals surface area contributed by atoms with Gasteiger partial charge in [0.25, 0.3) is 0 Å². The molecule has 5 atom stereocenters. The molecule has 0 radical (unpaired) electrons. The van der Waals surface area contributed by atoms with Gasteiger partial charge in [-0.25, -0.2) is 0 Å². The van der Waals surface area contributed by atoms with Crippen LogP contribution >= 0.6 is 0 Å². The van der Waals surface area contributed by atoms with E-state index in [2.05, 4.69) is 13.8 Å². The molecule has 0 aromatic rings. The second-order valence-corrected chi connectivity index (χ2v) is 7.91.